The molecule has 1 unspecified atom stereocenters. The summed E-state index contributed by atoms with van der Waals surface area (Å²) in [5.41, 5.74) is -0.343. The standard InChI is InChI=1S/C12H10ClN3O3S/c1-7(12-14-4-5-20-12)15-11(17)9-6-8(13)2-3-10(9)16(18)19/h2-7H,1H3,(H,15,17). The van der Waals surface area contributed by atoms with E-state index in [4.69, 9.17) is 11.6 Å². The molecule has 0 saturated carbocycles. The van der Waals surface area contributed by atoms with Crippen LogP contribution in [0.15, 0.2) is 29.8 Å². The van der Waals surface area contributed by atoms with Crippen LogP contribution in [0.2, 0.25) is 5.02 Å². The maximum atomic E-state index is 12.1. The molecule has 1 amide bonds. The zero-order valence-electron chi connectivity index (χ0n) is 10.4. The molecule has 0 spiro atoms. The number of aromatic nitrogens is 1. The number of nitrogens with one attached hydrogen (secondary N) is 1. The first-order valence-electron chi connectivity index (χ1n) is 5.63. The van der Waals surface area contributed by atoms with Crippen molar-refractivity contribution in [3.63, 3.8) is 0 Å². The first-order chi connectivity index (χ1) is 9.49. The topological polar surface area (TPSA) is 85.1 Å². The first kappa shape index (κ1) is 14.4. The quantitative estimate of drug-likeness (QED) is 0.694. The number of thiazole rings is 1. The Morgan fingerprint density at radius 2 is 2.30 bits per heavy atom. The summed E-state index contributed by atoms with van der Waals surface area (Å²) in [5, 5.41) is 16.4. The SMILES string of the molecule is CC(NC(=O)c1cc(Cl)ccc1[N+](=O)[O-])c1nccs1. The van der Waals surface area contributed by atoms with Crippen LogP contribution in [0.1, 0.15) is 28.3 Å². The molecule has 1 aromatic heterocycles. The van der Waals surface area contributed by atoms with Gasteiger partial charge in [-0.25, -0.2) is 4.98 Å². The van der Waals surface area contributed by atoms with Crippen molar-refractivity contribution in [3.05, 3.63) is 55.5 Å². The highest BCUT2D eigenvalue weighted by Gasteiger charge is 2.22. The Hall–Kier alpha value is -1.99. The van der Waals surface area contributed by atoms with Gasteiger partial charge in [0.1, 0.15) is 10.6 Å². The van der Waals surface area contributed by atoms with E-state index in [0.29, 0.717) is 0 Å². The first-order valence-corrected chi connectivity index (χ1v) is 6.89. The Morgan fingerprint density at radius 1 is 1.55 bits per heavy atom. The Morgan fingerprint density at radius 3 is 2.90 bits per heavy atom. The summed E-state index contributed by atoms with van der Waals surface area (Å²) in [6, 6.07) is 3.54. The summed E-state index contributed by atoms with van der Waals surface area (Å²) >= 11 is 7.18. The molecule has 1 N–H and O–H groups in total. The number of benzene rings is 1. The zero-order valence-corrected chi connectivity index (χ0v) is 11.9. The van der Waals surface area contributed by atoms with Gasteiger partial charge in [-0.2, -0.15) is 0 Å². The summed E-state index contributed by atoms with van der Waals surface area (Å²) in [6.07, 6.45) is 1.63. The summed E-state index contributed by atoms with van der Waals surface area (Å²) in [6.45, 7) is 1.76. The lowest BCUT2D eigenvalue weighted by Gasteiger charge is -2.11. The molecule has 0 radical (unpaired) electrons. The van der Waals surface area contributed by atoms with Gasteiger partial charge in [-0.3, -0.25) is 14.9 Å². The van der Waals surface area contributed by atoms with Crippen molar-refractivity contribution >= 4 is 34.5 Å². The molecule has 0 aliphatic carbocycles. The van der Waals surface area contributed by atoms with Crippen molar-refractivity contribution in [1.82, 2.24) is 10.3 Å². The number of rotatable bonds is 4. The number of nitro benzene ring substituents is 1. The number of hydrogen-bond donors (Lipinski definition) is 1. The van der Waals surface area contributed by atoms with E-state index in [9.17, 15) is 14.9 Å². The van der Waals surface area contributed by atoms with Gasteiger partial charge in [0, 0.05) is 22.7 Å². The van der Waals surface area contributed by atoms with Crippen molar-refractivity contribution in [2.24, 2.45) is 0 Å². The third kappa shape index (κ3) is 3.12. The van der Waals surface area contributed by atoms with Crippen LogP contribution in [0.3, 0.4) is 0 Å². The largest absolute Gasteiger partial charge is 0.343 e. The molecule has 0 fully saturated rings. The summed E-state index contributed by atoms with van der Waals surface area (Å²) in [4.78, 5) is 26.5. The Kier molecular flexibility index (Phi) is 4.31. The fraction of sp³-hybridized carbons (Fsp3) is 0.167. The van der Waals surface area contributed by atoms with Crippen LogP contribution in [-0.4, -0.2) is 15.8 Å². The fourth-order valence-electron chi connectivity index (χ4n) is 1.63. The number of nitrogens with zero attached hydrogens (tertiary/aromatic N) is 2. The number of amides is 1. The van der Waals surface area contributed by atoms with Crippen LogP contribution in [-0.2, 0) is 0 Å². The summed E-state index contributed by atoms with van der Waals surface area (Å²) in [5.74, 6) is -0.554. The molecule has 8 heteroatoms. The maximum Gasteiger partial charge on any atom is 0.282 e. The van der Waals surface area contributed by atoms with Gasteiger partial charge in [-0.15, -0.1) is 11.3 Å². The monoisotopic (exact) mass is 311 g/mol. The molecular weight excluding hydrogens is 302 g/mol. The van der Waals surface area contributed by atoms with Crippen LogP contribution >= 0.6 is 22.9 Å². The predicted octanol–water partition coefficient (Wildman–Crippen LogP) is 3.20. The van der Waals surface area contributed by atoms with Gasteiger partial charge in [-0.1, -0.05) is 11.6 Å². The van der Waals surface area contributed by atoms with Gasteiger partial charge < -0.3 is 5.32 Å². The molecule has 1 aromatic carbocycles. The minimum atomic E-state index is -0.612. The smallest absolute Gasteiger partial charge is 0.282 e. The average molecular weight is 312 g/mol. The number of halogens is 1. The number of carbonyl (C=O) groups is 1. The van der Waals surface area contributed by atoms with Crippen molar-refractivity contribution in [1.29, 1.82) is 0 Å². The van der Waals surface area contributed by atoms with E-state index in [1.165, 1.54) is 29.5 Å². The molecule has 1 atom stereocenters. The average Bonchev–Trinajstić information content (AvgIpc) is 2.92. The van der Waals surface area contributed by atoms with E-state index in [0.717, 1.165) is 5.01 Å². The molecule has 2 rings (SSSR count). The van der Waals surface area contributed by atoms with Crippen molar-refractivity contribution in [2.45, 2.75) is 13.0 Å². The molecule has 0 aliphatic rings. The van der Waals surface area contributed by atoms with Gasteiger partial charge in [0.2, 0.25) is 0 Å². The van der Waals surface area contributed by atoms with E-state index in [1.54, 1.807) is 18.5 Å². The number of nitro groups is 1. The molecule has 1 heterocycles. The van der Waals surface area contributed by atoms with E-state index in [2.05, 4.69) is 10.3 Å². The van der Waals surface area contributed by atoms with Gasteiger partial charge in [0.15, 0.2) is 0 Å². The minimum absolute atomic E-state index is 0.0640. The third-order valence-corrected chi connectivity index (χ3v) is 3.76. The molecule has 0 aliphatic heterocycles. The Balaban J connectivity index is 2.25. The highest BCUT2D eigenvalue weighted by atomic mass is 35.5. The van der Waals surface area contributed by atoms with Crippen molar-refractivity contribution < 1.29 is 9.72 Å². The molecule has 0 bridgehead atoms. The lowest BCUT2D eigenvalue weighted by molar-refractivity contribution is -0.385. The minimum Gasteiger partial charge on any atom is -0.343 e. The van der Waals surface area contributed by atoms with Gasteiger partial charge in [-0.05, 0) is 19.1 Å². The van der Waals surface area contributed by atoms with Gasteiger partial charge in [0.25, 0.3) is 11.6 Å². The maximum absolute atomic E-state index is 12.1. The van der Waals surface area contributed by atoms with E-state index in [-0.39, 0.29) is 22.3 Å². The van der Waals surface area contributed by atoms with Crippen LogP contribution in [0.25, 0.3) is 0 Å². The zero-order chi connectivity index (χ0) is 14.7. The summed E-state index contributed by atoms with van der Waals surface area (Å²) < 4.78 is 0. The van der Waals surface area contributed by atoms with Gasteiger partial charge >= 0.3 is 0 Å². The molecule has 0 saturated heterocycles. The second-order valence-electron chi connectivity index (χ2n) is 3.98. The van der Waals surface area contributed by atoms with Gasteiger partial charge in [0.05, 0.1) is 11.0 Å². The third-order valence-electron chi connectivity index (χ3n) is 2.57. The highest BCUT2D eigenvalue weighted by molar-refractivity contribution is 7.09. The number of carbonyl (C=O) groups excluding carboxylic acids is 1. The second kappa shape index (κ2) is 5.98. The number of hydrogen-bond acceptors (Lipinski definition) is 5. The lowest BCUT2D eigenvalue weighted by Crippen LogP contribution is -2.27. The lowest BCUT2D eigenvalue weighted by atomic mass is 10.1. The predicted molar refractivity (Wildman–Crippen MR) is 76.1 cm³/mol. The van der Waals surface area contributed by atoms with E-state index in [1.807, 2.05) is 0 Å². The second-order valence-corrected chi connectivity index (χ2v) is 5.35. The van der Waals surface area contributed by atoms with E-state index >= 15 is 0 Å². The fourth-order valence-corrected chi connectivity index (χ4v) is 2.45. The highest BCUT2D eigenvalue weighted by Crippen LogP contribution is 2.24. The van der Waals surface area contributed by atoms with Crippen molar-refractivity contribution in [2.75, 3.05) is 0 Å². The summed E-state index contributed by atoms with van der Waals surface area (Å²) in [7, 11) is 0. The van der Waals surface area contributed by atoms with Crippen LogP contribution in [0, 0.1) is 10.1 Å². The molecule has 20 heavy (non-hydrogen) atoms. The van der Waals surface area contributed by atoms with Crippen LogP contribution in [0.4, 0.5) is 5.69 Å². The molecule has 2 aromatic rings. The molecule has 104 valence electrons. The molecule has 6 nitrogen and oxygen atoms in total. The Bertz CT molecular complexity index is 645. The normalized spacial score (nSPS) is 11.9. The van der Waals surface area contributed by atoms with E-state index < -0.39 is 10.8 Å². The Labute approximate surface area is 123 Å². The molecular formula is C12H10ClN3O3S. The van der Waals surface area contributed by atoms with Crippen molar-refractivity contribution in [3.8, 4) is 0 Å². The van der Waals surface area contributed by atoms with Crippen LogP contribution in [0.5, 0.6) is 0 Å². The van der Waals surface area contributed by atoms with Crippen LogP contribution < -0.4 is 5.32 Å².